The number of carbonyl (C=O) groups is 1. The van der Waals surface area contributed by atoms with Crippen molar-refractivity contribution in [1.29, 1.82) is 0 Å². The van der Waals surface area contributed by atoms with E-state index in [9.17, 15) is 4.79 Å². The van der Waals surface area contributed by atoms with Crippen LogP contribution < -0.4 is 16.2 Å². The minimum Gasteiger partial charge on any atom is -0.433 e. The Kier molecular flexibility index (Phi) is 5.43. The lowest BCUT2D eigenvalue weighted by Crippen LogP contribution is -2.21. The van der Waals surface area contributed by atoms with Crippen LogP contribution in [0, 0.1) is 0 Å². The van der Waals surface area contributed by atoms with E-state index in [1.54, 1.807) is 24.3 Å². The monoisotopic (exact) mass is 400 g/mol. The summed E-state index contributed by atoms with van der Waals surface area (Å²) in [7, 11) is 0. The van der Waals surface area contributed by atoms with Gasteiger partial charge < -0.3 is 20.9 Å². The van der Waals surface area contributed by atoms with Crippen molar-refractivity contribution in [3.05, 3.63) is 89.5 Å². The molecule has 0 unspecified atom stereocenters. The van der Waals surface area contributed by atoms with Gasteiger partial charge in [-0.15, -0.1) is 5.10 Å². The van der Waals surface area contributed by atoms with Gasteiger partial charge in [0.1, 0.15) is 12.4 Å². The smallest absolute Gasteiger partial charge is 0.433 e. The first-order valence-corrected chi connectivity index (χ1v) is 9.36. The number of carbonyl (C=O) groups excluding carboxylic acids is 1. The molecule has 4 rings (SSSR count). The first-order valence-electron chi connectivity index (χ1n) is 9.36. The quantitative estimate of drug-likeness (QED) is 0.223. The Bertz CT molecular complexity index is 1070. The molecule has 1 aliphatic rings. The Labute approximate surface area is 173 Å². The molecular formula is C23H20N4O3. The molecule has 0 amide bonds. The number of nitrogens with zero attached hydrogens (tertiary/aromatic N) is 2. The molecule has 7 nitrogen and oxygen atoms in total. The zero-order chi connectivity index (χ0) is 20.9. The van der Waals surface area contributed by atoms with Crippen molar-refractivity contribution in [3.63, 3.8) is 0 Å². The van der Waals surface area contributed by atoms with Gasteiger partial charge in [0.15, 0.2) is 0 Å². The fourth-order valence-electron chi connectivity index (χ4n) is 3.50. The first-order chi connectivity index (χ1) is 14.6. The summed E-state index contributed by atoms with van der Waals surface area (Å²) in [5, 5.41) is 7.24. The van der Waals surface area contributed by atoms with E-state index in [4.69, 9.17) is 20.9 Å². The molecule has 150 valence electrons. The minimum atomic E-state index is -0.751. The molecule has 0 spiro atoms. The van der Waals surface area contributed by atoms with Gasteiger partial charge in [0.2, 0.25) is 5.96 Å². The maximum absolute atomic E-state index is 12.2. The lowest BCUT2D eigenvalue weighted by Gasteiger charge is -2.14. The molecule has 3 aromatic rings. The maximum atomic E-state index is 12.2. The zero-order valence-electron chi connectivity index (χ0n) is 16.1. The molecule has 0 aromatic heterocycles. The Morgan fingerprint density at radius 1 is 0.900 bits per heavy atom. The summed E-state index contributed by atoms with van der Waals surface area (Å²) < 4.78 is 10.7. The van der Waals surface area contributed by atoms with Crippen molar-refractivity contribution in [1.82, 2.24) is 0 Å². The number of nitrogens with two attached hydrogens (primary N) is 2. The third kappa shape index (κ3) is 4.15. The summed E-state index contributed by atoms with van der Waals surface area (Å²) in [6.07, 6.45) is 0.732. The van der Waals surface area contributed by atoms with Gasteiger partial charge in [0.25, 0.3) is 0 Å². The molecule has 0 saturated heterocycles. The summed E-state index contributed by atoms with van der Waals surface area (Å²) in [5.41, 5.74) is 15.8. The van der Waals surface area contributed by atoms with E-state index in [1.807, 2.05) is 24.3 Å². The SMILES string of the molecule is NC(N)=NN=Cc1ccc(OC(=O)OCC2c3ccccc3-c3ccccc32)cc1. The van der Waals surface area contributed by atoms with Crippen LogP contribution in [0.3, 0.4) is 0 Å². The molecule has 4 N–H and O–H groups in total. The topological polar surface area (TPSA) is 112 Å². The highest BCUT2D eigenvalue weighted by Crippen LogP contribution is 2.44. The molecule has 0 fully saturated rings. The van der Waals surface area contributed by atoms with Crippen molar-refractivity contribution in [2.24, 2.45) is 21.7 Å². The number of hydrogen-bond donors (Lipinski definition) is 2. The number of hydrogen-bond acceptors (Lipinski definition) is 5. The summed E-state index contributed by atoms with van der Waals surface area (Å²) in [6.45, 7) is 0.204. The van der Waals surface area contributed by atoms with Gasteiger partial charge in [-0.3, -0.25) is 0 Å². The number of rotatable bonds is 5. The molecule has 0 heterocycles. The van der Waals surface area contributed by atoms with Crippen molar-refractivity contribution >= 4 is 18.3 Å². The highest BCUT2D eigenvalue weighted by atomic mass is 16.7. The minimum absolute atomic E-state index is 0.0147. The maximum Gasteiger partial charge on any atom is 0.513 e. The predicted octanol–water partition coefficient (Wildman–Crippen LogP) is 3.62. The highest BCUT2D eigenvalue weighted by Gasteiger charge is 2.29. The molecule has 3 aromatic carbocycles. The lowest BCUT2D eigenvalue weighted by atomic mass is 9.98. The molecule has 7 heteroatoms. The van der Waals surface area contributed by atoms with E-state index in [2.05, 4.69) is 34.5 Å². The second-order valence-corrected chi connectivity index (χ2v) is 6.73. The van der Waals surface area contributed by atoms with E-state index >= 15 is 0 Å². The van der Waals surface area contributed by atoms with Crippen molar-refractivity contribution in [2.75, 3.05) is 6.61 Å². The van der Waals surface area contributed by atoms with E-state index in [0.717, 1.165) is 16.7 Å². The summed E-state index contributed by atoms with van der Waals surface area (Å²) >= 11 is 0. The molecular weight excluding hydrogens is 380 g/mol. The number of ether oxygens (including phenoxy) is 2. The van der Waals surface area contributed by atoms with Crippen molar-refractivity contribution in [3.8, 4) is 16.9 Å². The zero-order valence-corrected chi connectivity index (χ0v) is 16.1. The fourth-order valence-corrected chi connectivity index (χ4v) is 3.50. The second kappa shape index (κ2) is 8.48. The van der Waals surface area contributed by atoms with Gasteiger partial charge in [-0.25, -0.2) is 4.79 Å². The molecule has 0 aliphatic heterocycles. The van der Waals surface area contributed by atoms with E-state index < -0.39 is 6.16 Å². The van der Waals surface area contributed by atoms with Crippen molar-refractivity contribution in [2.45, 2.75) is 5.92 Å². The molecule has 0 saturated carbocycles. The van der Waals surface area contributed by atoms with Crippen LogP contribution in [0.15, 0.2) is 83.0 Å². The second-order valence-electron chi connectivity index (χ2n) is 6.73. The van der Waals surface area contributed by atoms with Crippen molar-refractivity contribution < 1.29 is 14.3 Å². The van der Waals surface area contributed by atoms with Gasteiger partial charge in [0.05, 0.1) is 6.21 Å². The predicted molar refractivity (Wildman–Crippen MR) is 116 cm³/mol. The van der Waals surface area contributed by atoms with Crippen LogP contribution in [0.25, 0.3) is 11.1 Å². The van der Waals surface area contributed by atoms with Crippen LogP contribution >= 0.6 is 0 Å². The molecule has 0 atom stereocenters. The summed E-state index contributed by atoms with van der Waals surface area (Å²) in [6, 6.07) is 23.0. The molecule has 1 aliphatic carbocycles. The number of benzene rings is 3. The summed E-state index contributed by atoms with van der Waals surface area (Å²) in [4.78, 5) is 12.2. The molecule has 0 bridgehead atoms. The van der Waals surface area contributed by atoms with Crippen LogP contribution in [0.5, 0.6) is 5.75 Å². The third-order valence-electron chi connectivity index (χ3n) is 4.79. The van der Waals surface area contributed by atoms with Crippen LogP contribution in [0.2, 0.25) is 0 Å². The van der Waals surface area contributed by atoms with Gasteiger partial charge in [-0.05, 0) is 52.1 Å². The standard InChI is InChI=1S/C23H20N4O3/c24-22(25)27-26-13-15-9-11-16(12-10-15)30-23(28)29-14-21-19-7-3-1-5-17(19)18-6-2-4-8-20(18)21/h1-13,21H,14H2,(H4,24,25,27). The van der Waals surface area contributed by atoms with Gasteiger partial charge >= 0.3 is 6.16 Å². The van der Waals surface area contributed by atoms with Crippen LogP contribution in [0.1, 0.15) is 22.6 Å². The Morgan fingerprint density at radius 2 is 1.50 bits per heavy atom. The number of fused-ring (bicyclic) bond motifs is 3. The summed E-state index contributed by atoms with van der Waals surface area (Å²) in [5.74, 6) is 0.228. The third-order valence-corrected chi connectivity index (χ3v) is 4.79. The lowest BCUT2D eigenvalue weighted by molar-refractivity contribution is 0.0965. The van der Waals surface area contributed by atoms with Crippen LogP contribution in [0.4, 0.5) is 4.79 Å². The largest absolute Gasteiger partial charge is 0.513 e. The Balaban J connectivity index is 1.39. The number of guanidine groups is 1. The normalized spacial score (nSPS) is 12.3. The first kappa shape index (κ1) is 19.2. The molecule has 30 heavy (non-hydrogen) atoms. The van der Waals surface area contributed by atoms with E-state index in [-0.39, 0.29) is 18.5 Å². The van der Waals surface area contributed by atoms with Gasteiger partial charge in [-0.2, -0.15) is 5.10 Å². The average molecular weight is 400 g/mol. The fraction of sp³-hybridized carbons (Fsp3) is 0.0870. The van der Waals surface area contributed by atoms with E-state index in [0.29, 0.717) is 5.75 Å². The van der Waals surface area contributed by atoms with Gasteiger partial charge in [-0.1, -0.05) is 48.5 Å². The van der Waals surface area contributed by atoms with E-state index in [1.165, 1.54) is 17.3 Å². The molecule has 0 radical (unpaired) electrons. The highest BCUT2D eigenvalue weighted by molar-refractivity contribution is 5.82. The van der Waals surface area contributed by atoms with Crippen LogP contribution in [-0.4, -0.2) is 24.9 Å². The van der Waals surface area contributed by atoms with Crippen LogP contribution in [-0.2, 0) is 4.74 Å². The average Bonchev–Trinajstić information content (AvgIpc) is 3.07. The Morgan fingerprint density at radius 3 is 2.10 bits per heavy atom. The van der Waals surface area contributed by atoms with Gasteiger partial charge in [0, 0.05) is 5.92 Å². The Hall–Kier alpha value is -4.13.